The maximum Gasteiger partial charge on any atom is 0.173 e. The fourth-order valence-corrected chi connectivity index (χ4v) is 4.19. The van der Waals surface area contributed by atoms with Gasteiger partial charge in [0.2, 0.25) is 0 Å². The molecular weight excluding hydrogens is 355 g/mol. The number of hydrogen-bond donors (Lipinski definition) is 1. The smallest absolute Gasteiger partial charge is 0.173 e. The SMILES string of the molecule is Cc1cn2nc(-c3cc(F)c4nc(C5CCNC(C)(C)C5)cn4c3)ccc2n1. The van der Waals surface area contributed by atoms with Gasteiger partial charge in [-0.2, -0.15) is 5.10 Å². The number of pyridine rings is 1. The summed E-state index contributed by atoms with van der Waals surface area (Å²) in [7, 11) is 0. The minimum atomic E-state index is -0.333. The van der Waals surface area contributed by atoms with Crippen molar-refractivity contribution >= 4 is 11.3 Å². The molecule has 0 amide bonds. The molecule has 1 aliphatic heterocycles. The molecule has 7 heteroatoms. The third-order valence-corrected chi connectivity index (χ3v) is 5.53. The number of aromatic nitrogens is 5. The van der Waals surface area contributed by atoms with Crippen LogP contribution in [0.2, 0.25) is 0 Å². The Balaban J connectivity index is 1.56. The molecule has 6 nitrogen and oxygen atoms in total. The maximum absolute atomic E-state index is 14.8. The topological polar surface area (TPSA) is 59.5 Å². The number of nitrogens with zero attached hydrogens (tertiary/aromatic N) is 5. The third-order valence-electron chi connectivity index (χ3n) is 5.53. The lowest BCUT2D eigenvalue weighted by molar-refractivity contribution is 0.273. The lowest BCUT2D eigenvalue weighted by atomic mass is 9.83. The van der Waals surface area contributed by atoms with Gasteiger partial charge < -0.3 is 9.72 Å². The molecule has 0 aliphatic carbocycles. The van der Waals surface area contributed by atoms with Crippen LogP contribution in [0, 0.1) is 12.7 Å². The van der Waals surface area contributed by atoms with Crippen LogP contribution in [0.4, 0.5) is 4.39 Å². The molecular formula is C21H23FN6. The third kappa shape index (κ3) is 2.96. The van der Waals surface area contributed by atoms with Crippen molar-refractivity contribution in [2.24, 2.45) is 0 Å². The van der Waals surface area contributed by atoms with Gasteiger partial charge in [-0.3, -0.25) is 0 Å². The van der Waals surface area contributed by atoms with Crippen molar-refractivity contribution in [3.8, 4) is 11.3 Å². The highest BCUT2D eigenvalue weighted by Gasteiger charge is 2.30. The molecule has 1 aliphatic rings. The van der Waals surface area contributed by atoms with Crippen LogP contribution in [0.25, 0.3) is 22.6 Å². The number of rotatable bonds is 2. The lowest BCUT2D eigenvalue weighted by Gasteiger charge is -2.35. The van der Waals surface area contributed by atoms with E-state index in [9.17, 15) is 4.39 Å². The largest absolute Gasteiger partial charge is 0.312 e. The minimum Gasteiger partial charge on any atom is -0.312 e. The van der Waals surface area contributed by atoms with Crippen LogP contribution in [0.15, 0.2) is 36.8 Å². The molecule has 1 N–H and O–H groups in total. The summed E-state index contributed by atoms with van der Waals surface area (Å²) in [6.07, 6.45) is 7.73. The molecule has 1 fully saturated rings. The number of hydrogen-bond acceptors (Lipinski definition) is 4. The number of halogens is 1. The Labute approximate surface area is 162 Å². The van der Waals surface area contributed by atoms with E-state index in [-0.39, 0.29) is 11.4 Å². The van der Waals surface area contributed by atoms with E-state index in [4.69, 9.17) is 0 Å². The number of fused-ring (bicyclic) bond motifs is 2. The summed E-state index contributed by atoms with van der Waals surface area (Å²) < 4.78 is 18.4. The second-order valence-corrected chi connectivity index (χ2v) is 8.38. The summed E-state index contributed by atoms with van der Waals surface area (Å²) in [5.74, 6) is 0.00283. The van der Waals surface area contributed by atoms with Crippen molar-refractivity contribution in [2.45, 2.75) is 45.1 Å². The molecule has 144 valence electrons. The van der Waals surface area contributed by atoms with Crippen molar-refractivity contribution in [3.05, 3.63) is 54.0 Å². The van der Waals surface area contributed by atoms with Crippen LogP contribution in [-0.2, 0) is 0 Å². The van der Waals surface area contributed by atoms with Gasteiger partial charge in [0.1, 0.15) is 0 Å². The normalized spacial score (nSPS) is 19.5. The van der Waals surface area contributed by atoms with Gasteiger partial charge in [0.15, 0.2) is 17.1 Å². The second kappa shape index (κ2) is 6.10. The molecule has 28 heavy (non-hydrogen) atoms. The highest BCUT2D eigenvalue weighted by molar-refractivity contribution is 5.62. The summed E-state index contributed by atoms with van der Waals surface area (Å²) in [6, 6.07) is 5.28. The van der Waals surface area contributed by atoms with Crippen molar-refractivity contribution in [2.75, 3.05) is 6.54 Å². The summed E-state index contributed by atoms with van der Waals surface area (Å²) in [5.41, 5.74) is 4.49. The van der Waals surface area contributed by atoms with Crippen LogP contribution in [0.1, 0.15) is 44.0 Å². The Kier molecular flexibility index (Phi) is 3.77. The first-order valence-corrected chi connectivity index (χ1v) is 9.65. The van der Waals surface area contributed by atoms with E-state index in [0.717, 1.165) is 36.4 Å². The van der Waals surface area contributed by atoms with Gasteiger partial charge in [-0.05, 0) is 58.4 Å². The van der Waals surface area contributed by atoms with Gasteiger partial charge in [0.25, 0.3) is 0 Å². The van der Waals surface area contributed by atoms with Crippen LogP contribution in [-0.4, -0.2) is 36.1 Å². The molecule has 4 aromatic heterocycles. The van der Waals surface area contributed by atoms with Crippen LogP contribution >= 0.6 is 0 Å². The quantitative estimate of drug-likeness (QED) is 0.577. The Morgan fingerprint density at radius 1 is 1.18 bits per heavy atom. The standard InChI is InChI=1S/C21H23FN6/c1-13-10-28-19(24-13)5-4-17(26-28)15-8-16(22)20-25-18(12-27(20)11-15)14-6-7-23-21(2,3)9-14/h4-5,8,10-12,14,23H,6-7,9H2,1-3H3. The summed E-state index contributed by atoms with van der Waals surface area (Å²) >= 11 is 0. The van der Waals surface area contributed by atoms with E-state index in [2.05, 4.69) is 34.2 Å². The average molecular weight is 378 g/mol. The average Bonchev–Trinajstić information content (AvgIpc) is 3.22. The molecule has 0 radical (unpaired) electrons. The first kappa shape index (κ1) is 17.3. The molecule has 1 atom stereocenters. The molecule has 0 saturated carbocycles. The predicted molar refractivity (Wildman–Crippen MR) is 106 cm³/mol. The molecule has 0 spiro atoms. The Hall–Kier alpha value is -2.80. The maximum atomic E-state index is 14.8. The summed E-state index contributed by atoms with van der Waals surface area (Å²) in [6.45, 7) is 7.28. The molecule has 5 heterocycles. The van der Waals surface area contributed by atoms with Gasteiger partial charge >= 0.3 is 0 Å². The van der Waals surface area contributed by atoms with Crippen LogP contribution < -0.4 is 5.32 Å². The molecule has 1 unspecified atom stereocenters. The highest BCUT2D eigenvalue weighted by Crippen LogP contribution is 2.32. The molecule has 0 bridgehead atoms. The molecule has 0 aromatic carbocycles. The second-order valence-electron chi connectivity index (χ2n) is 8.38. The zero-order valence-electron chi connectivity index (χ0n) is 16.3. The Bertz CT molecular complexity index is 1190. The van der Waals surface area contributed by atoms with E-state index in [1.54, 1.807) is 8.92 Å². The zero-order valence-corrected chi connectivity index (χ0v) is 16.3. The van der Waals surface area contributed by atoms with Crippen LogP contribution in [0.3, 0.4) is 0 Å². The Morgan fingerprint density at radius 2 is 2.04 bits per heavy atom. The number of aryl methyl sites for hydroxylation is 1. The van der Waals surface area contributed by atoms with E-state index >= 15 is 0 Å². The van der Waals surface area contributed by atoms with Gasteiger partial charge in [0, 0.05) is 29.4 Å². The van der Waals surface area contributed by atoms with Gasteiger partial charge in [-0.25, -0.2) is 18.9 Å². The van der Waals surface area contributed by atoms with Crippen molar-refractivity contribution in [1.82, 2.24) is 29.3 Å². The van der Waals surface area contributed by atoms with Gasteiger partial charge in [0.05, 0.1) is 23.3 Å². The highest BCUT2D eigenvalue weighted by atomic mass is 19.1. The molecule has 5 rings (SSSR count). The zero-order chi connectivity index (χ0) is 19.5. The van der Waals surface area contributed by atoms with Gasteiger partial charge in [-0.15, -0.1) is 0 Å². The number of nitrogens with one attached hydrogen (secondary N) is 1. The fourth-order valence-electron chi connectivity index (χ4n) is 4.19. The molecule has 4 aromatic rings. The van der Waals surface area contributed by atoms with E-state index < -0.39 is 0 Å². The Morgan fingerprint density at radius 3 is 2.86 bits per heavy atom. The van der Waals surface area contributed by atoms with Crippen molar-refractivity contribution < 1.29 is 4.39 Å². The van der Waals surface area contributed by atoms with E-state index in [0.29, 0.717) is 22.8 Å². The van der Waals surface area contributed by atoms with Crippen molar-refractivity contribution in [3.63, 3.8) is 0 Å². The summed E-state index contributed by atoms with van der Waals surface area (Å²) in [5, 5.41) is 8.10. The monoisotopic (exact) mass is 378 g/mol. The van der Waals surface area contributed by atoms with E-state index in [1.165, 1.54) is 6.07 Å². The van der Waals surface area contributed by atoms with Crippen LogP contribution in [0.5, 0.6) is 0 Å². The fraction of sp³-hybridized carbons (Fsp3) is 0.381. The first-order valence-electron chi connectivity index (χ1n) is 9.65. The lowest BCUT2D eigenvalue weighted by Crippen LogP contribution is -2.45. The summed E-state index contributed by atoms with van der Waals surface area (Å²) in [4.78, 5) is 9.00. The first-order chi connectivity index (χ1) is 13.4. The van der Waals surface area contributed by atoms with Gasteiger partial charge in [-0.1, -0.05) is 0 Å². The number of piperidine rings is 1. The number of imidazole rings is 2. The van der Waals surface area contributed by atoms with E-state index in [1.807, 2.05) is 37.6 Å². The predicted octanol–water partition coefficient (Wildman–Crippen LogP) is 3.74. The van der Waals surface area contributed by atoms with Crippen molar-refractivity contribution in [1.29, 1.82) is 0 Å². The molecule has 1 saturated heterocycles. The minimum absolute atomic E-state index is 0.0741.